The van der Waals surface area contributed by atoms with Crippen LogP contribution in [0.1, 0.15) is 38.3 Å². The van der Waals surface area contributed by atoms with Crippen LogP contribution in [0.15, 0.2) is 39.9 Å². The van der Waals surface area contributed by atoms with E-state index in [0.717, 1.165) is 6.42 Å². The van der Waals surface area contributed by atoms with Crippen LogP contribution >= 0.6 is 0 Å². The highest BCUT2D eigenvalue weighted by Gasteiger charge is 2.39. The summed E-state index contributed by atoms with van der Waals surface area (Å²) in [6, 6.07) is 10.2. The molecule has 122 valence electrons. The Labute approximate surface area is 135 Å². The highest BCUT2D eigenvalue weighted by molar-refractivity contribution is 5.51. The van der Waals surface area contributed by atoms with Gasteiger partial charge in [0.25, 0.3) is 5.56 Å². The summed E-state index contributed by atoms with van der Waals surface area (Å²) in [4.78, 5) is 27.5. The first-order chi connectivity index (χ1) is 11.0. The Morgan fingerprint density at radius 3 is 2.52 bits per heavy atom. The lowest BCUT2D eigenvalue weighted by molar-refractivity contribution is 0.314. The van der Waals surface area contributed by atoms with Gasteiger partial charge in [-0.15, -0.1) is 0 Å². The molecule has 0 aliphatic carbocycles. The fourth-order valence-electron chi connectivity index (χ4n) is 3.56. The number of rotatable bonds is 3. The third-order valence-corrected chi connectivity index (χ3v) is 4.99. The van der Waals surface area contributed by atoms with Crippen LogP contribution in [0, 0.1) is 5.92 Å². The van der Waals surface area contributed by atoms with Crippen LogP contribution in [0.3, 0.4) is 0 Å². The van der Waals surface area contributed by atoms with Gasteiger partial charge >= 0.3 is 5.69 Å². The fourth-order valence-corrected chi connectivity index (χ4v) is 3.56. The molecule has 1 atom stereocenters. The van der Waals surface area contributed by atoms with Crippen molar-refractivity contribution in [2.24, 2.45) is 5.92 Å². The first kappa shape index (κ1) is 15.6. The van der Waals surface area contributed by atoms with Gasteiger partial charge in [0.2, 0.25) is 0 Å². The average Bonchev–Trinajstić information content (AvgIpc) is 2.55. The number of nitrogens with zero attached hydrogens (tertiary/aromatic N) is 1. The molecule has 23 heavy (non-hydrogen) atoms. The van der Waals surface area contributed by atoms with E-state index in [-0.39, 0.29) is 16.8 Å². The van der Waals surface area contributed by atoms with Gasteiger partial charge in [-0.25, -0.2) is 4.79 Å². The van der Waals surface area contributed by atoms with Gasteiger partial charge in [0, 0.05) is 6.54 Å². The van der Waals surface area contributed by atoms with Crippen molar-refractivity contribution >= 4 is 5.82 Å². The zero-order valence-corrected chi connectivity index (χ0v) is 13.8. The van der Waals surface area contributed by atoms with Gasteiger partial charge in [0.15, 0.2) is 0 Å². The summed E-state index contributed by atoms with van der Waals surface area (Å²) in [6.07, 6.45) is 1.48. The quantitative estimate of drug-likeness (QED) is 0.915. The number of hydrogen-bond donors (Lipinski definition) is 2. The maximum Gasteiger partial charge on any atom is 0.329 e. The molecule has 0 amide bonds. The van der Waals surface area contributed by atoms with Gasteiger partial charge < -0.3 is 5.32 Å². The molecule has 0 unspecified atom stereocenters. The number of nitrogens with one attached hydrogen (secondary N) is 2. The third kappa shape index (κ3) is 2.40. The SMILES string of the molecule is CCn1c(=O)[nH]c2c(c1=O)CC[C@](c1ccccc1)(C(C)C)N2. The number of benzene rings is 1. The van der Waals surface area contributed by atoms with Crippen LogP contribution in [0.2, 0.25) is 0 Å². The van der Waals surface area contributed by atoms with E-state index in [2.05, 4.69) is 36.3 Å². The number of hydrogen-bond acceptors (Lipinski definition) is 3. The first-order valence-electron chi connectivity index (χ1n) is 8.19. The van der Waals surface area contributed by atoms with Crippen LogP contribution in [0.25, 0.3) is 0 Å². The van der Waals surface area contributed by atoms with Crippen molar-refractivity contribution in [2.75, 3.05) is 5.32 Å². The first-order valence-corrected chi connectivity index (χ1v) is 8.19. The van der Waals surface area contributed by atoms with Crippen LogP contribution in [-0.2, 0) is 18.5 Å². The second-order valence-electron chi connectivity index (χ2n) is 6.45. The minimum Gasteiger partial charge on any atom is -0.361 e. The lowest BCUT2D eigenvalue weighted by atomic mass is 9.74. The van der Waals surface area contributed by atoms with Gasteiger partial charge in [0.1, 0.15) is 5.82 Å². The monoisotopic (exact) mass is 313 g/mol. The summed E-state index contributed by atoms with van der Waals surface area (Å²) >= 11 is 0. The van der Waals surface area contributed by atoms with Crippen molar-refractivity contribution in [1.82, 2.24) is 9.55 Å². The Morgan fingerprint density at radius 2 is 1.91 bits per heavy atom. The van der Waals surface area contributed by atoms with Crippen molar-refractivity contribution in [2.45, 2.75) is 45.7 Å². The van der Waals surface area contributed by atoms with Gasteiger partial charge in [0.05, 0.1) is 11.1 Å². The van der Waals surface area contributed by atoms with Crippen molar-refractivity contribution < 1.29 is 0 Å². The smallest absolute Gasteiger partial charge is 0.329 e. The highest BCUT2D eigenvalue weighted by Crippen LogP contribution is 2.40. The minimum atomic E-state index is -0.351. The molecule has 2 aromatic rings. The molecule has 0 fully saturated rings. The summed E-state index contributed by atoms with van der Waals surface area (Å²) in [5.41, 5.74) is 1.06. The maximum absolute atomic E-state index is 12.5. The minimum absolute atomic E-state index is 0.177. The Bertz CT molecular complexity index is 820. The van der Waals surface area contributed by atoms with Gasteiger partial charge in [-0.1, -0.05) is 44.2 Å². The molecule has 0 radical (unpaired) electrons. The molecule has 1 aliphatic heterocycles. The molecular formula is C18H23N3O2. The van der Waals surface area contributed by atoms with Gasteiger partial charge in [-0.3, -0.25) is 14.3 Å². The van der Waals surface area contributed by atoms with E-state index in [1.54, 1.807) is 0 Å². The number of aromatic amines is 1. The molecule has 0 spiro atoms. The Morgan fingerprint density at radius 1 is 1.22 bits per heavy atom. The standard InChI is InChI=1S/C18H23N3O2/c1-4-21-16(22)14-10-11-18(12(2)3,13-8-6-5-7-9-13)20-15(14)19-17(21)23/h5-9,12,20H,4,10-11H2,1-3H3,(H,19,23)/t18-/m1/s1. The third-order valence-electron chi connectivity index (χ3n) is 4.99. The molecule has 0 saturated carbocycles. The van der Waals surface area contributed by atoms with Crippen LogP contribution in [0.5, 0.6) is 0 Å². The van der Waals surface area contributed by atoms with E-state index in [0.29, 0.717) is 30.3 Å². The summed E-state index contributed by atoms with van der Waals surface area (Å²) < 4.78 is 1.26. The maximum atomic E-state index is 12.5. The largest absolute Gasteiger partial charge is 0.361 e. The van der Waals surface area contributed by atoms with Crippen LogP contribution in [0.4, 0.5) is 5.82 Å². The average molecular weight is 313 g/mol. The molecule has 2 N–H and O–H groups in total. The van der Waals surface area contributed by atoms with Crippen LogP contribution in [-0.4, -0.2) is 9.55 Å². The van der Waals surface area contributed by atoms with E-state index >= 15 is 0 Å². The van der Waals surface area contributed by atoms with E-state index in [9.17, 15) is 9.59 Å². The number of aromatic nitrogens is 2. The second kappa shape index (κ2) is 5.72. The Balaban J connectivity index is 2.15. The number of fused-ring (bicyclic) bond motifs is 1. The van der Waals surface area contributed by atoms with Gasteiger partial charge in [-0.05, 0) is 31.2 Å². The van der Waals surface area contributed by atoms with Crippen LogP contribution < -0.4 is 16.6 Å². The zero-order chi connectivity index (χ0) is 16.6. The summed E-state index contributed by atoms with van der Waals surface area (Å²) in [7, 11) is 0. The molecule has 1 aliphatic rings. The van der Waals surface area contributed by atoms with E-state index < -0.39 is 0 Å². The lowest BCUT2D eigenvalue weighted by Crippen LogP contribution is -2.48. The molecule has 0 bridgehead atoms. The van der Waals surface area contributed by atoms with E-state index in [1.807, 2.05) is 25.1 Å². The lowest BCUT2D eigenvalue weighted by Gasteiger charge is -2.43. The zero-order valence-electron chi connectivity index (χ0n) is 13.8. The predicted molar refractivity (Wildman–Crippen MR) is 91.9 cm³/mol. The molecule has 1 aromatic heterocycles. The Kier molecular flexibility index (Phi) is 3.88. The fraction of sp³-hybridized carbons (Fsp3) is 0.444. The van der Waals surface area contributed by atoms with Gasteiger partial charge in [-0.2, -0.15) is 0 Å². The predicted octanol–water partition coefficient (Wildman–Crippen LogP) is 2.47. The van der Waals surface area contributed by atoms with Crippen molar-refractivity contribution in [1.29, 1.82) is 0 Å². The van der Waals surface area contributed by atoms with Crippen molar-refractivity contribution in [3.63, 3.8) is 0 Å². The van der Waals surface area contributed by atoms with E-state index in [1.165, 1.54) is 10.1 Å². The Hall–Kier alpha value is -2.30. The molecule has 0 saturated heterocycles. The normalized spacial score (nSPS) is 20.2. The molecular weight excluding hydrogens is 290 g/mol. The molecule has 5 nitrogen and oxygen atoms in total. The second-order valence-corrected chi connectivity index (χ2v) is 6.45. The molecule has 2 heterocycles. The summed E-state index contributed by atoms with van der Waals surface area (Å²) in [6.45, 7) is 6.52. The van der Waals surface area contributed by atoms with Crippen molar-refractivity contribution in [3.05, 3.63) is 62.3 Å². The summed E-state index contributed by atoms with van der Waals surface area (Å²) in [5.74, 6) is 0.892. The topological polar surface area (TPSA) is 66.9 Å². The number of H-pyrrole nitrogens is 1. The molecule has 1 aromatic carbocycles. The number of anilines is 1. The van der Waals surface area contributed by atoms with E-state index in [4.69, 9.17) is 0 Å². The highest BCUT2D eigenvalue weighted by atomic mass is 16.2. The molecule has 5 heteroatoms. The summed E-state index contributed by atoms with van der Waals surface area (Å²) in [5, 5.41) is 3.49. The molecule has 3 rings (SSSR count). The van der Waals surface area contributed by atoms with Crippen molar-refractivity contribution in [3.8, 4) is 0 Å².